The van der Waals surface area contributed by atoms with Gasteiger partial charge in [0.2, 0.25) is 5.91 Å². The summed E-state index contributed by atoms with van der Waals surface area (Å²) in [6.45, 7) is -1.59. The maximum Gasteiger partial charge on any atom is 0.418 e. The summed E-state index contributed by atoms with van der Waals surface area (Å²) in [5, 5.41) is 3.86. The van der Waals surface area contributed by atoms with Gasteiger partial charge in [-0.15, -0.1) is 23.2 Å². The standard InChI is InChI=1S/C20H10BrCl3F6N2O2/c21-12-3-1-8(5-11(12)20(28,29)30)14-15(19(14,23)24)17(34)32-9-2-4-13(22)10(6-9)16(33)31-7-18(25,26)27/h2,4-6,14-15H,7H2,(H,31,33)(H,32,34). The van der Waals surface area contributed by atoms with Crippen molar-refractivity contribution in [1.29, 1.82) is 0 Å². The largest absolute Gasteiger partial charge is 0.418 e. The topological polar surface area (TPSA) is 58.2 Å². The number of halogens is 10. The molecule has 1 aliphatic rings. The summed E-state index contributed by atoms with van der Waals surface area (Å²) < 4.78 is 74.5. The molecule has 3 rings (SSSR count). The fraction of sp³-hybridized carbons (Fsp3) is 0.300. The zero-order valence-corrected chi connectivity index (χ0v) is 20.1. The second-order valence-corrected chi connectivity index (χ2v) is 9.83. The number of nitrogens with one attached hydrogen (secondary N) is 2. The third kappa shape index (κ3) is 5.85. The van der Waals surface area contributed by atoms with Gasteiger partial charge in [0.05, 0.1) is 26.5 Å². The Kier molecular flexibility index (Phi) is 7.31. The number of alkyl halides is 8. The number of hydrogen-bond acceptors (Lipinski definition) is 2. The van der Waals surface area contributed by atoms with Crippen molar-refractivity contribution < 1.29 is 35.9 Å². The lowest BCUT2D eigenvalue weighted by molar-refractivity contribution is -0.138. The van der Waals surface area contributed by atoms with Crippen LogP contribution in [0.15, 0.2) is 28.7 Å². The molecule has 2 amide bonds. The molecule has 0 heterocycles. The van der Waals surface area contributed by atoms with Crippen molar-refractivity contribution in [2.24, 2.45) is 5.92 Å². The van der Waals surface area contributed by atoms with Crippen molar-refractivity contribution in [3.63, 3.8) is 0 Å². The minimum atomic E-state index is -4.71. The highest BCUT2D eigenvalue weighted by molar-refractivity contribution is 9.10. The van der Waals surface area contributed by atoms with Crippen LogP contribution in [-0.4, -0.2) is 28.9 Å². The molecular weight excluding hydrogens is 600 g/mol. The number of benzene rings is 1. The molecule has 2 unspecified atom stereocenters. The van der Waals surface area contributed by atoms with E-state index in [0.717, 1.165) is 12.1 Å². The van der Waals surface area contributed by atoms with E-state index in [1.807, 2.05) is 0 Å². The molecule has 0 radical (unpaired) electrons. The lowest BCUT2D eigenvalue weighted by atomic mass is 10.1. The molecule has 0 aromatic heterocycles. The Labute approximate surface area is 212 Å². The van der Waals surface area contributed by atoms with Gasteiger partial charge < -0.3 is 10.6 Å². The summed E-state index contributed by atoms with van der Waals surface area (Å²) in [6, 6.07) is 9.00. The molecule has 1 saturated carbocycles. The van der Waals surface area contributed by atoms with Gasteiger partial charge in [-0.25, -0.2) is 0 Å². The third-order valence-corrected chi connectivity index (χ3v) is 6.65. The fourth-order valence-corrected chi connectivity index (χ4v) is 4.59. The van der Waals surface area contributed by atoms with Crippen LogP contribution in [0.5, 0.6) is 0 Å². The van der Waals surface area contributed by atoms with Gasteiger partial charge in [-0.1, -0.05) is 23.7 Å². The summed E-state index contributed by atoms with van der Waals surface area (Å²) in [7, 11) is 0. The number of carbonyl (C=O) groups excluding carboxylic acids is 2. The smallest absolute Gasteiger partial charge is 0.343 e. The molecular formula is C20H10BrCl3F6N2O2. The summed E-state index contributed by atoms with van der Waals surface area (Å²) in [5.74, 6) is -4.18. The summed E-state index contributed by atoms with van der Waals surface area (Å²) in [5.41, 5.74) is -1.51. The van der Waals surface area contributed by atoms with Crippen LogP contribution in [0.1, 0.15) is 27.4 Å². The zero-order chi connectivity index (χ0) is 25.6. The Balaban J connectivity index is 1.78. The molecule has 2 atom stereocenters. The average Bonchev–Trinajstić information content (AvgIpc) is 3.28. The SMILES string of the molecule is O=C(NCC(F)(F)F)c1cc(NC(=O)C2C(c3c#cc(Br)c(C(F)(F)F)c3)C2(Cl)Cl)ccc1Cl. The molecule has 2 N–H and O–H groups in total. The predicted octanol–water partition coefficient (Wildman–Crippen LogP) is 6.54. The molecule has 4 nitrogen and oxygen atoms in total. The molecule has 2 aromatic rings. The second-order valence-electron chi connectivity index (χ2n) is 7.19. The van der Waals surface area contributed by atoms with Gasteiger partial charge in [0.25, 0.3) is 5.91 Å². The van der Waals surface area contributed by atoms with E-state index in [1.165, 1.54) is 12.1 Å². The Bertz CT molecular complexity index is 1140. The van der Waals surface area contributed by atoms with Gasteiger partial charge in [0.15, 0.2) is 0 Å². The number of hydrogen-bond donors (Lipinski definition) is 2. The Morgan fingerprint density at radius 3 is 2.32 bits per heavy atom. The molecule has 0 spiro atoms. The van der Waals surface area contributed by atoms with E-state index in [2.05, 4.69) is 33.4 Å². The summed E-state index contributed by atoms with van der Waals surface area (Å²) in [6.07, 6.45) is -9.36. The number of rotatable bonds is 5. The van der Waals surface area contributed by atoms with Crippen LogP contribution in [0.25, 0.3) is 0 Å². The molecule has 0 aliphatic heterocycles. The Morgan fingerprint density at radius 2 is 1.74 bits per heavy atom. The highest BCUT2D eigenvalue weighted by atomic mass is 79.9. The molecule has 0 bridgehead atoms. The number of anilines is 1. The van der Waals surface area contributed by atoms with Crippen LogP contribution < -0.4 is 10.6 Å². The monoisotopic (exact) mass is 608 g/mol. The molecule has 1 fully saturated rings. The zero-order valence-electron chi connectivity index (χ0n) is 16.3. The normalized spacial score (nSPS) is 19.2. The van der Waals surface area contributed by atoms with Gasteiger partial charge in [0.1, 0.15) is 10.9 Å². The quantitative estimate of drug-likeness (QED) is 0.299. The van der Waals surface area contributed by atoms with E-state index < -0.39 is 52.4 Å². The van der Waals surface area contributed by atoms with E-state index in [4.69, 9.17) is 34.8 Å². The first-order chi connectivity index (χ1) is 15.5. The Hall–Kier alpha value is -1.87. The third-order valence-electron chi connectivity index (χ3n) is 4.76. The maximum absolute atomic E-state index is 13.2. The summed E-state index contributed by atoms with van der Waals surface area (Å²) in [4.78, 5) is 24.8. The van der Waals surface area contributed by atoms with Crippen molar-refractivity contribution in [3.05, 3.63) is 62.6 Å². The molecule has 1 aliphatic carbocycles. The molecule has 0 saturated heterocycles. The minimum Gasteiger partial charge on any atom is -0.343 e. The van der Waals surface area contributed by atoms with E-state index in [-0.39, 0.29) is 26.3 Å². The van der Waals surface area contributed by atoms with Gasteiger partial charge >= 0.3 is 12.4 Å². The fourth-order valence-electron chi connectivity index (χ4n) is 3.14. The van der Waals surface area contributed by atoms with Crippen molar-refractivity contribution in [1.82, 2.24) is 5.32 Å². The van der Waals surface area contributed by atoms with Gasteiger partial charge in [-0.2, -0.15) is 26.3 Å². The lowest BCUT2D eigenvalue weighted by Crippen LogP contribution is -2.33. The molecule has 2 aromatic carbocycles. The predicted molar refractivity (Wildman–Crippen MR) is 116 cm³/mol. The van der Waals surface area contributed by atoms with Crippen LogP contribution in [-0.2, 0) is 11.0 Å². The first-order valence-corrected chi connectivity index (χ1v) is 11.0. The van der Waals surface area contributed by atoms with Gasteiger partial charge in [-0.05, 0) is 40.2 Å². The van der Waals surface area contributed by atoms with Gasteiger partial charge in [0, 0.05) is 17.2 Å². The number of carbonyl (C=O) groups is 2. The van der Waals surface area contributed by atoms with Crippen LogP contribution in [0.4, 0.5) is 32.0 Å². The maximum atomic E-state index is 13.2. The van der Waals surface area contributed by atoms with Crippen molar-refractivity contribution in [2.75, 3.05) is 11.9 Å². The van der Waals surface area contributed by atoms with E-state index in [9.17, 15) is 35.9 Å². The van der Waals surface area contributed by atoms with Crippen molar-refractivity contribution >= 4 is 68.2 Å². The second kappa shape index (κ2) is 9.30. The average molecular weight is 611 g/mol. The van der Waals surface area contributed by atoms with E-state index in [1.54, 1.807) is 5.32 Å². The van der Waals surface area contributed by atoms with Crippen LogP contribution in [0.3, 0.4) is 0 Å². The number of amides is 2. The van der Waals surface area contributed by atoms with E-state index in [0.29, 0.717) is 0 Å². The van der Waals surface area contributed by atoms with Gasteiger partial charge in [-0.3, -0.25) is 9.59 Å². The summed E-state index contributed by atoms with van der Waals surface area (Å²) >= 11 is 20.9. The van der Waals surface area contributed by atoms with E-state index >= 15 is 0 Å². The molecule has 182 valence electrons. The van der Waals surface area contributed by atoms with Crippen LogP contribution in [0, 0.1) is 18.1 Å². The Morgan fingerprint density at radius 1 is 1.09 bits per heavy atom. The van der Waals surface area contributed by atoms with Crippen LogP contribution in [0.2, 0.25) is 5.02 Å². The highest BCUT2D eigenvalue weighted by Crippen LogP contribution is 2.65. The molecule has 14 heteroatoms. The highest BCUT2D eigenvalue weighted by Gasteiger charge is 2.68. The molecule has 34 heavy (non-hydrogen) atoms. The van der Waals surface area contributed by atoms with Crippen molar-refractivity contribution in [3.8, 4) is 0 Å². The van der Waals surface area contributed by atoms with Crippen LogP contribution >= 0.6 is 50.7 Å². The first kappa shape index (κ1) is 26.7. The minimum absolute atomic E-state index is 0.0244. The first-order valence-electron chi connectivity index (χ1n) is 9.06. The van der Waals surface area contributed by atoms with Crippen molar-refractivity contribution in [2.45, 2.75) is 22.6 Å². The lowest BCUT2D eigenvalue weighted by Gasteiger charge is -2.11.